The Bertz CT molecular complexity index is 416. The van der Waals surface area contributed by atoms with Crippen LogP contribution < -0.4 is 5.32 Å². The lowest BCUT2D eigenvalue weighted by atomic mass is 10.0. The summed E-state index contributed by atoms with van der Waals surface area (Å²) in [6, 6.07) is 3.79. The molecule has 5 heteroatoms. The molecule has 18 heavy (non-hydrogen) atoms. The predicted octanol–water partition coefficient (Wildman–Crippen LogP) is 0.964. The number of carboxylic acids is 1. The average molecular weight is 249 g/mol. The zero-order chi connectivity index (χ0) is 13.0. The Morgan fingerprint density at radius 2 is 2.28 bits per heavy atom. The van der Waals surface area contributed by atoms with Crippen LogP contribution in [0.25, 0.3) is 0 Å². The van der Waals surface area contributed by atoms with Crippen LogP contribution in [0.2, 0.25) is 0 Å². The Morgan fingerprint density at radius 3 is 2.94 bits per heavy atom. The second kappa shape index (κ2) is 5.93. The summed E-state index contributed by atoms with van der Waals surface area (Å²) in [5.74, 6) is -0.906. The number of carboxylic acid groups (broad SMARTS) is 1. The van der Waals surface area contributed by atoms with E-state index >= 15 is 0 Å². The molecule has 0 radical (unpaired) electrons. The molecular weight excluding hydrogens is 230 g/mol. The second-order valence-corrected chi connectivity index (χ2v) is 4.70. The third kappa shape index (κ3) is 3.05. The zero-order valence-electron chi connectivity index (χ0n) is 10.6. The molecule has 2 heterocycles. The maximum atomic E-state index is 11.1. The number of hydrogen-bond acceptors (Lipinski definition) is 4. The lowest BCUT2D eigenvalue weighted by Gasteiger charge is -2.31. The van der Waals surface area contributed by atoms with Crippen molar-refractivity contribution in [1.82, 2.24) is 15.2 Å². The van der Waals surface area contributed by atoms with Crippen molar-refractivity contribution in [3.8, 4) is 0 Å². The van der Waals surface area contributed by atoms with Gasteiger partial charge in [0.25, 0.3) is 0 Å². The number of piperidine rings is 1. The molecular formula is C13H19N3O2. The van der Waals surface area contributed by atoms with Crippen molar-refractivity contribution < 1.29 is 9.90 Å². The molecule has 0 bridgehead atoms. The minimum atomic E-state index is -0.906. The lowest BCUT2D eigenvalue weighted by Crippen LogP contribution is -2.41. The minimum Gasteiger partial charge on any atom is -0.478 e. The fraction of sp³-hybridized carbons (Fsp3) is 0.538. The van der Waals surface area contributed by atoms with Crippen LogP contribution in [-0.2, 0) is 6.54 Å². The molecule has 0 spiro atoms. The van der Waals surface area contributed by atoms with E-state index in [9.17, 15) is 4.79 Å². The van der Waals surface area contributed by atoms with Gasteiger partial charge < -0.3 is 10.4 Å². The first-order chi connectivity index (χ1) is 8.68. The van der Waals surface area contributed by atoms with Gasteiger partial charge in [-0.2, -0.15) is 0 Å². The van der Waals surface area contributed by atoms with Crippen LogP contribution in [0.3, 0.4) is 0 Å². The third-order valence-electron chi connectivity index (χ3n) is 3.45. The standard InChI is InChI=1S/C13H19N3O2/c1-16(10-4-7-14-8-5-10)9-12-11(13(17)18)3-2-6-15-12/h2-3,6,10,14H,4-5,7-9H2,1H3,(H,17,18). The molecule has 1 aromatic rings. The molecule has 1 aromatic heterocycles. The highest BCUT2D eigenvalue weighted by atomic mass is 16.4. The van der Waals surface area contributed by atoms with E-state index in [1.807, 2.05) is 7.05 Å². The van der Waals surface area contributed by atoms with Gasteiger partial charge in [0.15, 0.2) is 0 Å². The van der Waals surface area contributed by atoms with Crippen molar-refractivity contribution >= 4 is 5.97 Å². The zero-order valence-corrected chi connectivity index (χ0v) is 10.6. The van der Waals surface area contributed by atoms with Crippen LogP contribution in [0.1, 0.15) is 28.9 Å². The Kier molecular flexibility index (Phi) is 4.28. The smallest absolute Gasteiger partial charge is 0.337 e. The molecule has 1 fully saturated rings. The van der Waals surface area contributed by atoms with Crippen LogP contribution >= 0.6 is 0 Å². The molecule has 5 nitrogen and oxygen atoms in total. The number of hydrogen-bond donors (Lipinski definition) is 2. The largest absolute Gasteiger partial charge is 0.478 e. The highest BCUT2D eigenvalue weighted by molar-refractivity contribution is 5.88. The van der Waals surface area contributed by atoms with Crippen molar-refractivity contribution in [3.63, 3.8) is 0 Å². The Balaban J connectivity index is 2.06. The van der Waals surface area contributed by atoms with Gasteiger partial charge in [0, 0.05) is 18.8 Å². The average Bonchev–Trinajstić information content (AvgIpc) is 2.40. The van der Waals surface area contributed by atoms with Crippen molar-refractivity contribution in [2.45, 2.75) is 25.4 Å². The summed E-state index contributed by atoms with van der Waals surface area (Å²) in [6.45, 7) is 2.65. The molecule has 98 valence electrons. The summed E-state index contributed by atoms with van der Waals surface area (Å²) in [7, 11) is 2.04. The number of pyridine rings is 1. The molecule has 2 rings (SSSR count). The summed E-state index contributed by atoms with van der Waals surface area (Å²) < 4.78 is 0. The first-order valence-corrected chi connectivity index (χ1v) is 6.26. The van der Waals surface area contributed by atoms with Crippen LogP contribution in [0.4, 0.5) is 0 Å². The van der Waals surface area contributed by atoms with Crippen molar-refractivity contribution in [1.29, 1.82) is 0 Å². The van der Waals surface area contributed by atoms with E-state index in [2.05, 4.69) is 15.2 Å². The normalized spacial score (nSPS) is 17.0. The number of rotatable bonds is 4. The predicted molar refractivity (Wildman–Crippen MR) is 68.6 cm³/mol. The van der Waals surface area contributed by atoms with Gasteiger partial charge in [0.1, 0.15) is 0 Å². The van der Waals surface area contributed by atoms with Crippen LogP contribution in [-0.4, -0.2) is 47.1 Å². The molecule has 2 N–H and O–H groups in total. The summed E-state index contributed by atoms with van der Waals surface area (Å²) >= 11 is 0. The molecule has 0 aromatic carbocycles. The number of aromatic carboxylic acids is 1. The van der Waals surface area contributed by atoms with E-state index in [0.29, 0.717) is 23.8 Å². The Labute approximate surface area is 107 Å². The first kappa shape index (κ1) is 13.0. The lowest BCUT2D eigenvalue weighted by molar-refractivity contribution is 0.0693. The Hall–Kier alpha value is -1.46. The van der Waals surface area contributed by atoms with Gasteiger partial charge in [-0.05, 0) is 45.1 Å². The van der Waals surface area contributed by atoms with Crippen LogP contribution in [0, 0.1) is 0 Å². The highest BCUT2D eigenvalue weighted by Gasteiger charge is 2.20. The number of carbonyl (C=O) groups is 1. The summed E-state index contributed by atoms with van der Waals surface area (Å²) in [6.07, 6.45) is 3.86. The molecule has 1 aliphatic heterocycles. The third-order valence-corrected chi connectivity index (χ3v) is 3.45. The Morgan fingerprint density at radius 1 is 1.56 bits per heavy atom. The number of nitrogens with zero attached hydrogens (tertiary/aromatic N) is 2. The molecule has 1 saturated heterocycles. The maximum absolute atomic E-state index is 11.1. The van der Waals surface area contributed by atoms with E-state index in [0.717, 1.165) is 25.9 Å². The minimum absolute atomic E-state index is 0.304. The topological polar surface area (TPSA) is 65.5 Å². The van der Waals surface area contributed by atoms with Crippen molar-refractivity contribution in [2.24, 2.45) is 0 Å². The van der Waals surface area contributed by atoms with E-state index in [4.69, 9.17) is 5.11 Å². The van der Waals surface area contributed by atoms with Crippen LogP contribution in [0.15, 0.2) is 18.3 Å². The van der Waals surface area contributed by atoms with Gasteiger partial charge in [0.05, 0.1) is 11.3 Å². The molecule has 0 amide bonds. The SMILES string of the molecule is CN(Cc1ncccc1C(=O)O)C1CCNCC1. The number of nitrogens with one attached hydrogen (secondary N) is 1. The molecule has 0 atom stereocenters. The molecule has 0 unspecified atom stereocenters. The summed E-state index contributed by atoms with van der Waals surface area (Å²) in [4.78, 5) is 17.5. The van der Waals surface area contributed by atoms with Gasteiger partial charge in [-0.1, -0.05) is 0 Å². The monoisotopic (exact) mass is 249 g/mol. The fourth-order valence-electron chi connectivity index (χ4n) is 2.37. The molecule has 0 saturated carbocycles. The maximum Gasteiger partial charge on any atom is 0.337 e. The molecule has 1 aliphatic rings. The summed E-state index contributed by atoms with van der Waals surface area (Å²) in [5, 5.41) is 12.4. The quantitative estimate of drug-likeness (QED) is 0.832. The van der Waals surface area contributed by atoms with Crippen molar-refractivity contribution in [2.75, 3.05) is 20.1 Å². The van der Waals surface area contributed by atoms with E-state index < -0.39 is 5.97 Å². The van der Waals surface area contributed by atoms with Crippen LogP contribution in [0.5, 0.6) is 0 Å². The fourth-order valence-corrected chi connectivity index (χ4v) is 2.37. The van der Waals surface area contributed by atoms with E-state index in [1.165, 1.54) is 0 Å². The van der Waals surface area contributed by atoms with Gasteiger partial charge >= 0.3 is 5.97 Å². The first-order valence-electron chi connectivity index (χ1n) is 6.26. The van der Waals surface area contributed by atoms with Crippen molar-refractivity contribution in [3.05, 3.63) is 29.6 Å². The van der Waals surface area contributed by atoms with Gasteiger partial charge in [-0.3, -0.25) is 9.88 Å². The number of aromatic nitrogens is 1. The van der Waals surface area contributed by atoms with E-state index in [-0.39, 0.29) is 0 Å². The molecule has 0 aliphatic carbocycles. The van der Waals surface area contributed by atoms with Gasteiger partial charge in [0.2, 0.25) is 0 Å². The van der Waals surface area contributed by atoms with Gasteiger partial charge in [-0.15, -0.1) is 0 Å². The summed E-state index contributed by atoms with van der Waals surface area (Å²) in [5.41, 5.74) is 0.948. The second-order valence-electron chi connectivity index (χ2n) is 4.70. The van der Waals surface area contributed by atoms with E-state index in [1.54, 1.807) is 18.3 Å². The van der Waals surface area contributed by atoms with Gasteiger partial charge in [-0.25, -0.2) is 4.79 Å². The highest BCUT2D eigenvalue weighted by Crippen LogP contribution is 2.14.